The molecule has 0 unspecified atom stereocenters. The molecule has 0 spiro atoms. The smallest absolute Gasteiger partial charge is 0.407 e. The maximum Gasteiger partial charge on any atom is 0.407 e. The molecule has 1 aromatic rings. The van der Waals surface area contributed by atoms with E-state index in [0.29, 0.717) is 16.8 Å². The van der Waals surface area contributed by atoms with Gasteiger partial charge in [0.25, 0.3) is 0 Å². The van der Waals surface area contributed by atoms with Crippen molar-refractivity contribution in [1.29, 1.82) is 0 Å². The maximum atomic E-state index is 13.9. The number of carbonyl (C=O) groups is 3. The van der Waals surface area contributed by atoms with Crippen LogP contribution in [-0.4, -0.2) is 29.9 Å². The number of halogens is 2. The van der Waals surface area contributed by atoms with E-state index in [4.69, 9.17) is 16.3 Å². The lowest BCUT2D eigenvalue weighted by Crippen LogP contribution is -2.39. The van der Waals surface area contributed by atoms with Crippen LogP contribution >= 0.6 is 11.6 Å². The summed E-state index contributed by atoms with van der Waals surface area (Å²) in [7, 11) is 0. The minimum Gasteiger partial charge on any atom is -0.450 e. The molecule has 0 fully saturated rings. The zero-order valence-corrected chi connectivity index (χ0v) is 14.5. The van der Waals surface area contributed by atoms with Gasteiger partial charge in [-0.2, -0.15) is 0 Å². The van der Waals surface area contributed by atoms with E-state index in [2.05, 4.69) is 10.6 Å². The molecular weight excluding hydrogens is 339 g/mol. The van der Waals surface area contributed by atoms with Crippen molar-refractivity contribution in [2.45, 2.75) is 39.7 Å². The number of rotatable bonds is 7. The van der Waals surface area contributed by atoms with Crippen molar-refractivity contribution in [3.63, 3.8) is 0 Å². The van der Waals surface area contributed by atoms with E-state index in [1.165, 1.54) is 13.0 Å². The Labute approximate surface area is 144 Å². The Balaban J connectivity index is 2.86. The minimum absolute atomic E-state index is 0.165. The number of ether oxygens (including phenoxy) is 1. The van der Waals surface area contributed by atoms with Gasteiger partial charge in [-0.05, 0) is 61.5 Å². The van der Waals surface area contributed by atoms with Gasteiger partial charge in [0.2, 0.25) is 11.1 Å². The molecule has 0 aliphatic heterocycles. The Kier molecular flexibility index (Phi) is 7.64. The zero-order valence-electron chi connectivity index (χ0n) is 13.7. The van der Waals surface area contributed by atoms with E-state index in [0.717, 1.165) is 0 Å². The fourth-order valence-electron chi connectivity index (χ4n) is 2.13. The van der Waals surface area contributed by atoms with Crippen molar-refractivity contribution in [2.75, 3.05) is 11.9 Å². The van der Waals surface area contributed by atoms with Crippen LogP contribution in [0.5, 0.6) is 0 Å². The van der Waals surface area contributed by atoms with E-state index >= 15 is 0 Å². The third-order valence-corrected chi connectivity index (χ3v) is 3.58. The Hall–Kier alpha value is -2.15. The second kappa shape index (κ2) is 9.22. The number of hydrogen-bond acceptors (Lipinski definition) is 4. The van der Waals surface area contributed by atoms with Gasteiger partial charge in [-0.15, -0.1) is 0 Å². The molecule has 0 saturated heterocycles. The van der Waals surface area contributed by atoms with E-state index in [1.54, 1.807) is 19.9 Å². The predicted octanol–water partition coefficient (Wildman–Crippen LogP) is 2.91. The Bertz CT molecular complexity index is 637. The lowest BCUT2D eigenvalue weighted by atomic mass is 10.00. The van der Waals surface area contributed by atoms with Gasteiger partial charge in [-0.1, -0.05) is 0 Å². The number of benzene rings is 1. The number of anilines is 1. The highest BCUT2D eigenvalue weighted by atomic mass is 35.5. The number of amides is 2. The number of nitrogens with one attached hydrogen (secondary N) is 2. The highest BCUT2D eigenvalue weighted by Crippen LogP contribution is 2.21. The normalized spacial score (nSPS) is 11.5. The third-order valence-electron chi connectivity index (χ3n) is 3.32. The molecule has 0 aromatic heterocycles. The first-order chi connectivity index (χ1) is 11.2. The van der Waals surface area contributed by atoms with Gasteiger partial charge in [0, 0.05) is 12.6 Å². The molecule has 0 aliphatic carbocycles. The van der Waals surface area contributed by atoms with Crippen LogP contribution < -0.4 is 10.6 Å². The van der Waals surface area contributed by atoms with E-state index in [-0.39, 0.29) is 25.4 Å². The molecule has 1 aromatic carbocycles. The van der Waals surface area contributed by atoms with Gasteiger partial charge in [-0.25, -0.2) is 9.18 Å². The second-order valence-corrected chi connectivity index (χ2v) is 5.56. The second-order valence-electron chi connectivity index (χ2n) is 5.18. The highest BCUT2D eigenvalue weighted by Gasteiger charge is 2.20. The predicted molar refractivity (Wildman–Crippen MR) is 88.6 cm³/mol. The number of aryl methyl sites for hydroxylation is 1. The zero-order chi connectivity index (χ0) is 18.3. The molecule has 0 aliphatic rings. The fourth-order valence-corrected chi connectivity index (χ4v) is 2.29. The first-order valence-corrected chi connectivity index (χ1v) is 7.81. The van der Waals surface area contributed by atoms with Crippen LogP contribution in [0.4, 0.5) is 14.9 Å². The minimum atomic E-state index is -0.947. The fraction of sp³-hybridized carbons (Fsp3) is 0.438. The molecule has 0 saturated carbocycles. The Morgan fingerprint density at radius 1 is 1.33 bits per heavy atom. The van der Waals surface area contributed by atoms with E-state index in [1.807, 2.05) is 0 Å². The number of hydrogen-bond donors (Lipinski definition) is 2. The van der Waals surface area contributed by atoms with Crippen molar-refractivity contribution >= 4 is 34.5 Å². The van der Waals surface area contributed by atoms with Gasteiger partial charge in [0.15, 0.2) is 0 Å². The summed E-state index contributed by atoms with van der Waals surface area (Å²) in [6.07, 6.45) is -0.289. The largest absolute Gasteiger partial charge is 0.450 e. The summed E-state index contributed by atoms with van der Waals surface area (Å²) in [5.74, 6) is -0.787. The maximum absolute atomic E-state index is 13.9. The summed E-state index contributed by atoms with van der Waals surface area (Å²) < 4.78 is 18.7. The number of alkyl carbamates (subject to hydrolysis) is 1. The van der Waals surface area contributed by atoms with Gasteiger partial charge in [-0.3, -0.25) is 9.59 Å². The standard InChI is InChI=1S/C16H20ClFN2O4/c1-4-24-16(23)20-14(15(17)22)6-5-11-7-12(19-10(3)21)8-13(18)9(11)2/h7-8,14H,4-6H2,1-3H3,(H,19,21)(H,20,23)/t14-/m0/s1. The summed E-state index contributed by atoms with van der Waals surface area (Å²) in [6, 6.07) is 1.90. The molecule has 132 valence electrons. The Morgan fingerprint density at radius 2 is 2.00 bits per heavy atom. The average Bonchev–Trinajstić information content (AvgIpc) is 2.47. The molecule has 0 bridgehead atoms. The molecule has 6 nitrogen and oxygen atoms in total. The molecule has 2 N–H and O–H groups in total. The summed E-state index contributed by atoms with van der Waals surface area (Å²) in [5, 5.41) is 4.14. The monoisotopic (exact) mass is 358 g/mol. The molecule has 1 atom stereocenters. The van der Waals surface area contributed by atoms with E-state index in [9.17, 15) is 18.8 Å². The quantitative estimate of drug-likeness (QED) is 0.734. The molecule has 0 heterocycles. The summed E-state index contributed by atoms with van der Waals surface area (Å²) in [4.78, 5) is 33.9. The van der Waals surface area contributed by atoms with Crippen LogP contribution in [0.1, 0.15) is 31.4 Å². The van der Waals surface area contributed by atoms with Crippen molar-refractivity contribution in [1.82, 2.24) is 5.32 Å². The van der Waals surface area contributed by atoms with Crippen molar-refractivity contribution < 1.29 is 23.5 Å². The van der Waals surface area contributed by atoms with Crippen LogP contribution in [0.15, 0.2) is 12.1 Å². The molecule has 8 heteroatoms. The molecular formula is C16H20ClFN2O4. The number of carbonyl (C=O) groups excluding carboxylic acids is 3. The van der Waals surface area contributed by atoms with Crippen LogP contribution in [0.3, 0.4) is 0 Å². The topological polar surface area (TPSA) is 84.5 Å². The lowest BCUT2D eigenvalue weighted by molar-refractivity contribution is -0.114. The summed E-state index contributed by atoms with van der Waals surface area (Å²) >= 11 is 5.49. The SMILES string of the molecule is CCOC(=O)N[C@@H](CCc1cc(NC(C)=O)cc(F)c1C)C(=O)Cl. The van der Waals surface area contributed by atoms with E-state index < -0.39 is 23.2 Å². The molecule has 0 radical (unpaired) electrons. The lowest BCUT2D eigenvalue weighted by Gasteiger charge is -2.16. The first-order valence-electron chi connectivity index (χ1n) is 7.43. The molecule has 24 heavy (non-hydrogen) atoms. The summed E-state index contributed by atoms with van der Waals surface area (Å²) in [5.41, 5.74) is 1.33. The first kappa shape index (κ1) is 19.9. The summed E-state index contributed by atoms with van der Waals surface area (Å²) in [6.45, 7) is 4.72. The van der Waals surface area contributed by atoms with Gasteiger partial charge in [0.05, 0.1) is 6.61 Å². The van der Waals surface area contributed by atoms with Gasteiger partial charge >= 0.3 is 6.09 Å². The average molecular weight is 359 g/mol. The van der Waals surface area contributed by atoms with Crippen molar-refractivity contribution in [3.05, 3.63) is 29.1 Å². The van der Waals surface area contributed by atoms with Crippen LogP contribution in [0, 0.1) is 12.7 Å². The van der Waals surface area contributed by atoms with Crippen LogP contribution in [0.2, 0.25) is 0 Å². The highest BCUT2D eigenvalue weighted by molar-refractivity contribution is 6.64. The Morgan fingerprint density at radius 3 is 2.54 bits per heavy atom. The third kappa shape index (κ3) is 6.16. The van der Waals surface area contributed by atoms with Crippen molar-refractivity contribution in [3.8, 4) is 0 Å². The van der Waals surface area contributed by atoms with Crippen LogP contribution in [0.25, 0.3) is 0 Å². The molecule has 2 amide bonds. The van der Waals surface area contributed by atoms with Crippen molar-refractivity contribution in [2.24, 2.45) is 0 Å². The molecule has 1 rings (SSSR count). The van der Waals surface area contributed by atoms with Gasteiger partial charge in [0.1, 0.15) is 11.9 Å². The van der Waals surface area contributed by atoms with Gasteiger partial charge < -0.3 is 15.4 Å². The van der Waals surface area contributed by atoms with Crippen LogP contribution in [-0.2, 0) is 20.7 Å².